The second-order valence-corrected chi connectivity index (χ2v) is 18.3. The first-order valence-corrected chi connectivity index (χ1v) is 21.6. The minimum absolute atomic E-state index is 0.0179. The molecule has 3 aliphatic heterocycles. The number of ether oxygens (including phenoxy) is 5. The highest BCUT2D eigenvalue weighted by Crippen LogP contribution is 2.47. The highest BCUT2D eigenvalue weighted by atomic mass is 35.5. The molecular formula is C41H50ClN5O8S. The van der Waals surface area contributed by atoms with Gasteiger partial charge in [0.15, 0.2) is 6.29 Å². The van der Waals surface area contributed by atoms with Gasteiger partial charge in [-0.15, -0.1) is 9.46 Å². The van der Waals surface area contributed by atoms with Crippen LogP contribution in [0.25, 0.3) is 0 Å². The van der Waals surface area contributed by atoms with Crippen LogP contribution in [0.1, 0.15) is 70.9 Å². The molecule has 6 atom stereocenters. The summed E-state index contributed by atoms with van der Waals surface area (Å²) in [6, 6.07) is 11.5. The van der Waals surface area contributed by atoms with E-state index in [1.807, 2.05) is 25.1 Å². The van der Waals surface area contributed by atoms with Crippen molar-refractivity contribution in [3.8, 4) is 11.6 Å². The first-order chi connectivity index (χ1) is 27.0. The average Bonchev–Trinajstić information content (AvgIpc) is 3.79. The van der Waals surface area contributed by atoms with Crippen molar-refractivity contribution >= 4 is 39.0 Å². The fourth-order valence-electron chi connectivity index (χ4n) is 8.95. The Bertz CT molecular complexity index is 2130. The van der Waals surface area contributed by atoms with E-state index < -0.39 is 28.0 Å². The summed E-state index contributed by atoms with van der Waals surface area (Å²) in [4.78, 5) is 30.4. The van der Waals surface area contributed by atoms with Gasteiger partial charge < -0.3 is 28.6 Å². The zero-order valence-electron chi connectivity index (χ0n) is 32.1. The smallest absolute Gasteiger partial charge is 0.286 e. The van der Waals surface area contributed by atoms with Crippen LogP contribution in [0, 0.1) is 17.8 Å². The Hall–Kier alpha value is -3.95. The molecule has 1 unspecified atom stereocenters. The molecule has 2 amide bonds. The molecule has 0 radical (unpaired) electrons. The highest BCUT2D eigenvalue weighted by molar-refractivity contribution is 7.92. The minimum atomic E-state index is -3.67. The van der Waals surface area contributed by atoms with Gasteiger partial charge in [0.2, 0.25) is 5.88 Å². The number of allylic oxidation sites excluding steroid dienone is 1. The van der Waals surface area contributed by atoms with Gasteiger partial charge in [0.05, 0.1) is 37.4 Å². The third-order valence-corrected chi connectivity index (χ3v) is 14.1. The van der Waals surface area contributed by atoms with Crippen LogP contribution in [0.2, 0.25) is 5.02 Å². The van der Waals surface area contributed by atoms with Crippen molar-refractivity contribution in [2.45, 2.75) is 63.3 Å². The molecule has 1 aromatic heterocycles. The SMILES string of the molecule is CO[C@H]1/C=C/C[C@H](C)CS(=O)(NC(=O)c2cn(C)nc2OCC2OCCO2)=NC(=O)c2ccc3c(c2)N(C[C@@H]2CC[C@H]21)C[C@@]1(CCCc2cc(Cl)ccc21)CO3. The van der Waals surface area contributed by atoms with Crippen LogP contribution in [0.4, 0.5) is 5.69 Å². The van der Waals surface area contributed by atoms with E-state index in [1.165, 1.54) is 22.0 Å². The maximum atomic E-state index is 14.8. The number of halogens is 1. The number of anilines is 1. The lowest BCUT2D eigenvalue weighted by Gasteiger charge is -2.46. The molecule has 5 aliphatic rings. The number of methoxy groups -OCH3 is 1. The quantitative estimate of drug-likeness (QED) is 0.300. The number of fused-ring (bicyclic) bond motifs is 4. The largest absolute Gasteiger partial charge is 0.490 e. The maximum Gasteiger partial charge on any atom is 0.286 e. The summed E-state index contributed by atoms with van der Waals surface area (Å²) in [7, 11) is -0.263. The summed E-state index contributed by atoms with van der Waals surface area (Å²) in [5.41, 5.74) is 3.32. The Morgan fingerprint density at radius 1 is 1.16 bits per heavy atom. The van der Waals surface area contributed by atoms with Crippen molar-refractivity contribution in [1.82, 2.24) is 14.5 Å². The zero-order valence-corrected chi connectivity index (χ0v) is 33.7. The monoisotopic (exact) mass is 807 g/mol. The molecule has 2 fully saturated rings. The summed E-state index contributed by atoms with van der Waals surface area (Å²) >= 11 is 6.47. The molecule has 1 spiro atoms. The van der Waals surface area contributed by atoms with Crippen LogP contribution in [0.15, 0.2) is 59.1 Å². The molecule has 2 bridgehead atoms. The van der Waals surface area contributed by atoms with E-state index in [9.17, 15) is 13.8 Å². The number of aryl methyl sites for hydroxylation is 2. The van der Waals surface area contributed by atoms with Crippen LogP contribution in [0.3, 0.4) is 0 Å². The molecule has 300 valence electrons. The van der Waals surface area contributed by atoms with Crippen LogP contribution < -0.4 is 19.1 Å². The summed E-state index contributed by atoms with van der Waals surface area (Å²) in [6.07, 6.45) is 10.6. The van der Waals surface area contributed by atoms with Crippen LogP contribution in [0.5, 0.6) is 11.6 Å². The minimum Gasteiger partial charge on any atom is -0.490 e. The number of benzene rings is 2. The summed E-state index contributed by atoms with van der Waals surface area (Å²) < 4.78 is 52.6. The number of hydrogen-bond acceptors (Lipinski definition) is 10. The van der Waals surface area contributed by atoms with Crippen molar-refractivity contribution in [3.05, 3.63) is 82.0 Å². The predicted molar refractivity (Wildman–Crippen MR) is 212 cm³/mol. The second kappa shape index (κ2) is 16.1. The Morgan fingerprint density at radius 2 is 2.00 bits per heavy atom. The molecule has 1 N–H and O–H groups in total. The molecule has 1 saturated carbocycles. The lowest BCUT2D eigenvalue weighted by molar-refractivity contribution is -0.0693. The number of nitrogens with zero attached hydrogens (tertiary/aromatic N) is 4. The average molecular weight is 808 g/mol. The fraction of sp³-hybridized carbons (Fsp3) is 0.537. The third kappa shape index (κ3) is 8.08. The fourth-order valence-corrected chi connectivity index (χ4v) is 11.0. The van der Waals surface area contributed by atoms with E-state index >= 15 is 0 Å². The van der Waals surface area contributed by atoms with E-state index in [2.05, 4.69) is 43.4 Å². The third-order valence-electron chi connectivity index (χ3n) is 11.9. The molecule has 15 heteroatoms. The topological polar surface area (TPSA) is 143 Å². The van der Waals surface area contributed by atoms with Gasteiger partial charge in [-0.25, -0.2) is 4.21 Å². The van der Waals surface area contributed by atoms with Crippen molar-refractivity contribution in [1.29, 1.82) is 0 Å². The van der Waals surface area contributed by atoms with Crippen molar-refractivity contribution < 1.29 is 37.5 Å². The Morgan fingerprint density at radius 3 is 2.79 bits per heavy atom. The van der Waals surface area contributed by atoms with Crippen molar-refractivity contribution in [2.24, 2.45) is 29.2 Å². The molecule has 8 rings (SSSR count). The zero-order chi connectivity index (χ0) is 39.0. The summed E-state index contributed by atoms with van der Waals surface area (Å²) in [6.45, 7) is 4.77. The van der Waals surface area contributed by atoms with Gasteiger partial charge in [0, 0.05) is 49.4 Å². The molecule has 3 aromatic rings. The Kier molecular flexibility index (Phi) is 11.2. The van der Waals surface area contributed by atoms with Gasteiger partial charge in [-0.2, -0.15) is 0 Å². The normalized spacial score (nSPS) is 29.9. The molecule has 13 nitrogen and oxygen atoms in total. The van der Waals surface area contributed by atoms with Crippen LogP contribution >= 0.6 is 11.6 Å². The number of amides is 2. The van der Waals surface area contributed by atoms with Gasteiger partial charge in [0.1, 0.15) is 27.8 Å². The van der Waals surface area contributed by atoms with E-state index in [0.717, 1.165) is 49.4 Å². The van der Waals surface area contributed by atoms with E-state index in [1.54, 1.807) is 20.2 Å². The molecule has 4 heterocycles. The molecular weight excluding hydrogens is 758 g/mol. The number of hydrogen-bond donors (Lipinski definition) is 1. The Labute approximate surface area is 333 Å². The lowest BCUT2D eigenvalue weighted by Crippen LogP contribution is -2.49. The summed E-state index contributed by atoms with van der Waals surface area (Å²) in [5, 5.41) is 5.01. The number of carbonyl (C=O) groups is 2. The first kappa shape index (κ1) is 38.9. The standard InChI is InChI=1S/C41H50ClN5O8S/c1-26-6-4-8-35(51-3)31-12-9-29(31)20-47-24-41(15-5-7-27-18-30(42)11-13-33(27)41)25-55-36-14-10-28(19-34(36)47)38(48)44-56(50,23-26)45-39(49)32-21-46(2)43-40(32)54-22-37-52-16-17-53-37/h4,8,10-11,13-14,18-19,21,26,29,31,35,37H,5-7,9,12,15-17,20,22-25H2,1-3H3,(H,44,45,48,49,50)/b8-4+/t26-,29-,31+,35-,41-,56?/m0/s1. The van der Waals surface area contributed by atoms with Gasteiger partial charge in [0.25, 0.3) is 11.8 Å². The molecule has 2 aromatic carbocycles. The predicted octanol–water partition coefficient (Wildman–Crippen LogP) is 5.89. The van der Waals surface area contributed by atoms with Crippen molar-refractivity contribution in [2.75, 3.05) is 57.3 Å². The summed E-state index contributed by atoms with van der Waals surface area (Å²) in [5.74, 6) is -0.310. The second-order valence-electron chi connectivity index (χ2n) is 15.9. The van der Waals surface area contributed by atoms with E-state index in [4.69, 9.17) is 35.3 Å². The molecule has 1 saturated heterocycles. The molecule has 56 heavy (non-hydrogen) atoms. The molecule has 2 aliphatic carbocycles. The Balaban J connectivity index is 1.15. The van der Waals surface area contributed by atoms with Gasteiger partial charge >= 0.3 is 0 Å². The van der Waals surface area contributed by atoms with E-state index in [0.29, 0.717) is 50.4 Å². The number of aromatic nitrogens is 2. The number of carbonyl (C=O) groups excluding carboxylic acids is 2. The number of nitrogens with one attached hydrogen (secondary N) is 1. The maximum absolute atomic E-state index is 14.8. The van der Waals surface area contributed by atoms with Gasteiger partial charge in [-0.05, 0) is 97.7 Å². The van der Waals surface area contributed by atoms with Crippen LogP contribution in [-0.4, -0.2) is 90.6 Å². The van der Waals surface area contributed by atoms with E-state index in [-0.39, 0.29) is 46.8 Å². The van der Waals surface area contributed by atoms with Gasteiger partial charge in [-0.3, -0.25) is 19.0 Å². The first-order valence-electron chi connectivity index (χ1n) is 19.5. The van der Waals surface area contributed by atoms with Crippen LogP contribution in [-0.2, 0) is 43.0 Å². The van der Waals surface area contributed by atoms with Gasteiger partial charge in [-0.1, -0.05) is 36.7 Å². The van der Waals surface area contributed by atoms with Crippen molar-refractivity contribution in [3.63, 3.8) is 0 Å². The highest BCUT2D eigenvalue weighted by Gasteiger charge is 2.44. The lowest BCUT2D eigenvalue weighted by atomic mass is 9.68. The number of rotatable bonds is 6.